The summed E-state index contributed by atoms with van der Waals surface area (Å²) in [7, 11) is 0. The van der Waals surface area contributed by atoms with Gasteiger partial charge in [0.2, 0.25) is 0 Å². The number of nitrogen functional groups attached to an aromatic ring is 1. The number of hydrogen-bond acceptors (Lipinski definition) is 5. The van der Waals surface area contributed by atoms with Crippen LogP contribution in [-0.4, -0.2) is 18.2 Å². The molecule has 0 saturated heterocycles. The first-order valence-electron chi connectivity index (χ1n) is 5.13. The van der Waals surface area contributed by atoms with Gasteiger partial charge in [-0.3, -0.25) is 11.3 Å². The van der Waals surface area contributed by atoms with Crippen molar-refractivity contribution >= 4 is 17.4 Å². The fraction of sp³-hybridized carbons (Fsp3) is 0.500. The lowest BCUT2D eigenvalue weighted by atomic mass is 10.1. The van der Waals surface area contributed by atoms with Gasteiger partial charge in [-0.05, 0) is 19.4 Å². The van der Waals surface area contributed by atoms with Crippen LogP contribution in [0.3, 0.4) is 0 Å². The number of hydrazine groups is 1. The first kappa shape index (κ1) is 13.2. The molecule has 0 spiro atoms. The molecule has 0 aliphatic heterocycles. The van der Waals surface area contributed by atoms with Crippen LogP contribution in [0.5, 0.6) is 0 Å². The average Bonchev–Trinajstić information content (AvgIpc) is 2.28. The molecule has 0 aliphatic rings. The van der Waals surface area contributed by atoms with Crippen molar-refractivity contribution in [3.8, 4) is 0 Å². The Hall–Kier alpha value is -0.880. The number of ether oxygens (including phenoxy) is 1. The Kier molecular flexibility index (Phi) is 5.48. The van der Waals surface area contributed by atoms with E-state index in [2.05, 4.69) is 10.4 Å². The van der Waals surface area contributed by atoms with E-state index in [-0.39, 0.29) is 6.04 Å². The van der Waals surface area contributed by atoms with Gasteiger partial charge < -0.3 is 10.5 Å². The number of hydrogen-bond donors (Lipinski definition) is 3. The van der Waals surface area contributed by atoms with Gasteiger partial charge in [-0.25, -0.2) is 4.98 Å². The molecule has 0 radical (unpaired) electrons. The fourth-order valence-electron chi connectivity index (χ4n) is 1.42. The van der Waals surface area contributed by atoms with Crippen LogP contribution >= 0.6 is 11.6 Å². The Labute approximate surface area is 100 Å². The van der Waals surface area contributed by atoms with E-state index < -0.39 is 0 Å². The minimum Gasteiger partial charge on any atom is -0.383 e. The lowest BCUT2D eigenvalue weighted by molar-refractivity contribution is 0.136. The van der Waals surface area contributed by atoms with Crippen molar-refractivity contribution in [2.45, 2.75) is 19.4 Å². The van der Waals surface area contributed by atoms with Crippen LogP contribution in [0.15, 0.2) is 12.3 Å². The van der Waals surface area contributed by atoms with Crippen LogP contribution in [0.1, 0.15) is 24.9 Å². The molecule has 1 heterocycles. The number of halogens is 1. The normalized spacial score (nSPS) is 12.7. The molecule has 5 N–H and O–H groups in total. The molecular formula is C10H17ClN4O. The summed E-state index contributed by atoms with van der Waals surface area (Å²) in [4.78, 5) is 3.99. The van der Waals surface area contributed by atoms with Gasteiger partial charge in [-0.1, -0.05) is 11.6 Å². The largest absolute Gasteiger partial charge is 0.383 e. The van der Waals surface area contributed by atoms with Crippen molar-refractivity contribution in [2.75, 3.05) is 18.9 Å². The Balaban J connectivity index is 2.73. The lowest BCUT2D eigenvalue weighted by Gasteiger charge is -2.17. The topological polar surface area (TPSA) is 86.2 Å². The highest BCUT2D eigenvalue weighted by Gasteiger charge is 2.14. The monoisotopic (exact) mass is 244 g/mol. The quantitative estimate of drug-likeness (QED) is 0.398. The maximum atomic E-state index is 5.86. The van der Waals surface area contributed by atoms with Crippen molar-refractivity contribution in [1.29, 1.82) is 0 Å². The van der Waals surface area contributed by atoms with Crippen molar-refractivity contribution < 1.29 is 4.74 Å². The maximum absolute atomic E-state index is 5.86. The van der Waals surface area contributed by atoms with E-state index in [0.29, 0.717) is 24.1 Å². The zero-order valence-corrected chi connectivity index (χ0v) is 10.00. The third kappa shape index (κ3) is 3.61. The van der Waals surface area contributed by atoms with Crippen LogP contribution in [-0.2, 0) is 4.74 Å². The molecule has 0 aromatic carbocycles. The standard InChI is InChI=1S/C10H17ClN4O/c1-2-16-4-3-9(15-13)8-5-7(11)6-14-10(8)12/h5-6,9,15H,2-4,13H2,1H3,(H2,12,14). The first-order chi connectivity index (χ1) is 7.69. The van der Waals surface area contributed by atoms with Crippen LogP contribution < -0.4 is 17.0 Å². The number of aromatic nitrogens is 1. The summed E-state index contributed by atoms with van der Waals surface area (Å²) in [5.41, 5.74) is 9.25. The summed E-state index contributed by atoms with van der Waals surface area (Å²) < 4.78 is 5.27. The molecular weight excluding hydrogens is 228 g/mol. The summed E-state index contributed by atoms with van der Waals surface area (Å²) in [5, 5.41) is 0.542. The van der Waals surface area contributed by atoms with Crippen LogP contribution in [0.25, 0.3) is 0 Å². The third-order valence-electron chi connectivity index (χ3n) is 2.25. The highest BCUT2D eigenvalue weighted by molar-refractivity contribution is 6.30. The van der Waals surface area contributed by atoms with Gasteiger partial charge in [0, 0.05) is 25.0 Å². The molecule has 1 aromatic heterocycles. The summed E-state index contributed by atoms with van der Waals surface area (Å²) in [6.07, 6.45) is 2.23. The Morgan fingerprint density at radius 1 is 1.62 bits per heavy atom. The minimum atomic E-state index is -0.0993. The molecule has 16 heavy (non-hydrogen) atoms. The number of anilines is 1. The van der Waals surface area contributed by atoms with Crippen molar-refractivity contribution in [3.63, 3.8) is 0 Å². The second-order valence-corrected chi connectivity index (χ2v) is 3.77. The smallest absolute Gasteiger partial charge is 0.128 e. The highest BCUT2D eigenvalue weighted by Crippen LogP contribution is 2.23. The second kappa shape index (κ2) is 6.65. The molecule has 0 fully saturated rings. The van der Waals surface area contributed by atoms with Crippen molar-refractivity contribution in [3.05, 3.63) is 22.8 Å². The van der Waals surface area contributed by atoms with E-state index >= 15 is 0 Å². The lowest BCUT2D eigenvalue weighted by Crippen LogP contribution is -2.29. The molecule has 6 heteroatoms. The van der Waals surface area contributed by atoms with E-state index in [0.717, 1.165) is 12.0 Å². The fourth-order valence-corrected chi connectivity index (χ4v) is 1.59. The number of rotatable bonds is 6. The van der Waals surface area contributed by atoms with E-state index in [9.17, 15) is 0 Å². The zero-order valence-electron chi connectivity index (χ0n) is 9.24. The molecule has 1 unspecified atom stereocenters. The SMILES string of the molecule is CCOCCC(NN)c1cc(Cl)cnc1N. The van der Waals surface area contributed by atoms with Gasteiger partial charge in [0.1, 0.15) is 5.82 Å². The number of nitrogens with zero attached hydrogens (tertiary/aromatic N) is 1. The molecule has 1 aromatic rings. The summed E-state index contributed by atoms with van der Waals surface area (Å²) >= 11 is 5.86. The zero-order chi connectivity index (χ0) is 12.0. The summed E-state index contributed by atoms with van der Waals surface area (Å²) in [6, 6.07) is 1.66. The van der Waals surface area contributed by atoms with E-state index in [4.69, 9.17) is 27.9 Å². The van der Waals surface area contributed by atoms with Crippen molar-refractivity contribution in [1.82, 2.24) is 10.4 Å². The van der Waals surface area contributed by atoms with E-state index in [1.807, 2.05) is 6.92 Å². The van der Waals surface area contributed by atoms with Gasteiger partial charge in [0.05, 0.1) is 11.1 Å². The molecule has 0 amide bonds. The second-order valence-electron chi connectivity index (χ2n) is 3.33. The van der Waals surface area contributed by atoms with Gasteiger partial charge in [-0.15, -0.1) is 0 Å². The van der Waals surface area contributed by atoms with Gasteiger partial charge >= 0.3 is 0 Å². The average molecular weight is 245 g/mol. The summed E-state index contributed by atoms with van der Waals surface area (Å²) in [5.74, 6) is 5.91. The minimum absolute atomic E-state index is 0.0993. The third-order valence-corrected chi connectivity index (χ3v) is 2.45. The molecule has 90 valence electrons. The van der Waals surface area contributed by atoms with Crippen LogP contribution in [0.4, 0.5) is 5.82 Å². The number of nitrogens with one attached hydrogen (secondary N) is 1. The van der Waals surface area contributed by atoms with E-state index in [1.165, 1.54) is 6.20 Å². The molecule has 1 rings (SSSR count). The number of pyridine rings is 1. The molecule has 0 bridgehead atoms. The van der Waals surface area contributed by atoms with Gasteiger partial charge in [-0.2, -0.15) is 0 Å². The predicted molar refractivity (Wildman–Crippen MR) is 64.8 cm³/mol. The van der Waals surface area contributed by atoms with Crippen LogP contribution in [0, 0.1) is 0 Å². The Morgan fingerprint density at radius 3 is 3.00 bits per heavy atom. The molecule has 5 nitrogen and oxygen atoms in total. The highest BCUT2D eigenvalue weighted by atomic mass is 35.5. The van der Waals surface area contributed by atoms with Gasteiger partial charge in [0.15, 0.2) is 0 Å². The predicted octanol–water partition coefficient (Wildman–Crippen LogP) is 1.25. The Morgan fingerprint density at radius 2 is 2.38 bits per heavy atom. The number of nitrogens with two attached hydrogens (primary N) is 2. The van der Waals surface area contributed by atoms with Crippen molar-refractivity contribution in [2.24, 2.45) is 5.84 Å². The summed E-state index contributed by atoms with van der Waals surface area (Å²) in [6.45, 7) is 3.23. The molecule has 1 atom stereocenters. The van der Waals surface area contributed by atoms with Crippen LogP contribution in [0.2, 0.25) is 5.02 Å². The first-order valence-corrected chi connectivity index (χ1v) is 5.51. The molecule has 0 saturated carbocycles. The maximum Gasteiger partial charge on any atom is 0.128 e. The Bertz CT molecular complexity index is 335. The van der Waals surface area contributed by atoms with Gasteiger partial charge in [0.25, 0.3) is 0 Å². The van der Waals surface area contributed by atoms with E-state index in [1.54, 1.807) is 6.07 Å². The molecule has 0 aliphatic carbocycles.